The first kappa shape index (κ1) is 21.1. The minimum Gasteiger partial charge on any atom is -0.435 e. The fourth-order valence-corrected chi connectivity index (χ4v) is 3.85. The smallest absolute Gasteiger partial charge is 0.387 e. The summed E-state index contributed by atoms with van der Waals surface area (Å²) < 4.78 is 29.1. The molecule has 2 aliphatic heterocycles. The Balaban J connectivity index is 1.35. The van der Waals surface area contributed by atoms with E-state index in [1.54, 1.807) is 17.0 Å². The molecule has 166 valence electrons. The summed E-state index contributed by atoms with van der Waals surface area (Å²) in [6, 6.07) is 7.71. The molecular formula is C21H26F2N6O2. The Hall–Kier alpha value is -3.17. The maximum absolute atomic E-state index is 12.6. The van der Waals surface area contributed by atoms with E-state index in [-0.39, 0.29) is 11.8 Å². The van der Waals surface area contributed by atoms with Crippen LogP contribution < -0.4 is 19.9 Å². The molecular weight excluding hydrogens is 406 g/mol. The third-order valence-electron chi connectivity index (χ3n) is 5.42. The SMILES string of the molecule is Cc1cc(N2CCCC2)nc(N2CCN(C(=O)Nc3cccc(OC(F)F)c3)CC2)n1. The summed E-state index contributed by atoms with van der Waals surface area (Å²) in [5, 5.41) is 2.74. The first-order valence-electron chi connectivity index (χ1n) is 10.4. The highest BCUT2D eigenvalue weighted by Crippen LogP contribution is 2.23. The van der Waals surface area contributed by atoms with Gasteiger partial charge in [0.05, 0.1) is 0 Å². The molecule has 0 unspecified atom stereocenters. The van der Waals surface area contributed by atoms with Crippen LogP contribution in [0.25, 0.3) is 0 Å². The number of amides is 2. The zero-order valence-electron chi connectivity index (χ0n) is 17.4. The van der Waals surface area contributed by atoms with Crippen molar-refractivity contribution in [2.24, 2.45) is 0 Å². The van der Waals surface area contributed by atoms with Gasteiger partial charge in [-0.05, 0) is 31.9 Å². The Labute approximate surface area is 179 Å². The topological polar surface area (TPSA) is 73.8 Å². The Morgan fingerprint density at radius 1 is 1.03 bits per heavy atom. The number of anilines is 3. The zero-order chi connectivity index (χ0) is 21.8. The van der Waals surface area contributed by atoms with E-state index in [2.05, 4.69) is 24.8 Å². The van der Waals surface area contributed by atoms with Gasteiger partial charge in [-0.2, -0.15) is 13.8 Å². The maximum atomic E-state index is 12.6. The highest BCUT2D eigenvalue weighted by Gasteiger charge is 2.24. The molecule has 1 N–H and O–H groups in total. The second-order valence-corrected chi connectivity index (χ2v) is 7.67. The molecule has 10 heteroatoms. The van der Waals surface area contributed by atoms with Gasteiger partial charge in [0.25, 0.3) is 0 Å². The van der Waals surface area contributed by atoms with Crippen molar-refractivity contribution in [1.82, 2.24) is 14.9 Å². The Morgan fingerprint density at radius 3 is 2.48 bits per heavy atom. The number of alkyl halides is 2. The molecule has 0 bridgehead atoms. The molecule has 3 heterocycles. The van der Waals surface area contributed by atoms with E-state index in [1.807, 2.05) is 13.0 Å². The van der Waals surface area contributed by atoms with Gasteiger partial charge in [0.1, 0.15) is 11.6 Å². The number of rotatable bonds is 5. The minimum absolute atomic E-state index is 0.00280. The Bertz CT molecular complexity index is 914. The van der Waals surface area contributed by atoms with Crippen LogP contribution in [0.15, 0.2) is 30.3 Å². The summed E-state index contributed by atoms with van der Waals surface area (Å²) in [7, 11) is 0. The van der Waals surface area contributed by atoms with Crippen LogP contribution in [0.4, 0.5) is 31.0 Å². The highest BCUT2D eigenvalue weighted by atomic mass is 19.3. The summed E-state index contributed by atoms with van der Waals surface area (Å²) in [5.74, 6) is 1.66. The molecule has 4 rings (SSSR count). The van der Waals surface area contributed by atoms with Crippen LogP contribution >= 0.6 is 0 Å². The largest absolute Gasteiger partial charge is 0.435 e. The number of hydrogen-bond acceptors (Lipinski definition) is 6. The van der Waals surface area contributed by atoms with Gasteiger partial charge in [0.15, 0.2) is 0 Å². The van der Waals surface area contributed by atoms with Crippen molar-refractivity contribution < 1.29 is 18.3 Å². The fourth-order valence-electron chi connectivity index (χ4n) is 3.85. The maximum Gasteiger partial charge on any atom is 0.387 e. The van der Waals surface area contributed by atoms with E-state index in [9.17, 15) is 13.6 Å². The number of hydrogen-bond donors (Lipinski definition) is 1. The van der Waals surface area contributed by atoms with Crippen LogP contribution in [0.3, 0.4) is 0 Å². The van der Waals surface area contributed by atoms with Crippen LogP contribution in [0.1, 0.15) is 18.5 Å². The summed E-state index contributed by atoms with van der Waals surface area (Å²) in [4.78, 5) is 28.0. The lowest BCUT2D eigenvalue weighted by atomic mass is 10.3. The summed E-state index contributed by atoms with van der Waals surface area (Å²) >= 11 is 0. The van der Waals surface area contributed by atoms with Gasteiger partial charge >= 0.3 is 12.6 Å². The van der Waals surface area contributed by atoms with Gasteiger partial charge in [-0.1, -0.05) is 6.07 Å². The van der Waals surface area contributed by atoms with E-state index in [0.717, 1.165) is 24.6 Å². The highest BCUT2D eigenvalue weighted by molar-refractivity contribution is 5.89. The predicted octanol–water partition coefficient (Wildman–Crippen LogP) is 3.34. The fraction of sp³-hybridized carbons (Fsp3) is 0.476. The second kappa shape index (κ2) is 9.32. The number of halogens is 2. The van der Waals surface area contributed by atoms with Gasteiger partial charge in [0.2, 0.25) is 5.95 Å². The molecule has 0 spiro atoms. The average molecular weight is 432 g/mol. The molecule has 0 atom stereocenters. The van der Waals surface area contributed by atoms with Crippen LogP contribution in [0.5, 0.6) is 5.75 Å². The molecule has 2 amide bonds. The molecule has 2 saturated heterocycles. The Kier molecular flexibility index (Phi) is 6.34. The van der Waals surface area contributed by atoms with E-state index in [4.69, 9.17) is 4.98 Å². The lowest BCUT2D eigenvalue weighted by molar-refractivity contribution is -0.0498. The number of aryl methyl sites for hydroxylation is 1. The van der Waals surface area contributed by atoms with Gasteiger partial charge < -0.3 is 24.8 Å². The van der Waals surface area contributed by atoms with E-state index < -0.39 is 6.61 Å². The number of aromatic nitrogens is 2. The number of carbonyl (C=O) groups excluding carboxylic acids is 1. The number of piperazine rings is 1. The average Bonchev–Trinajstić information content (AvgIpc) is 3.28. The monoisotopic (exact) mass is 432 g/mol. The predicted molar refractivity (Wildman–Crippen MR) is 114 cm³/mol. The minimum atomic E-state index is -2.91. The van der Waals surface area contributed by atoms with Crippen molar-refractivity contribution in [3.05, 3.63) is 36.0 Å². The van der Waals surface area contributed by atoms with Crippen LogP contribution in [-0.2, 0) is 0 Å². The number of nitrogens with zero attached hydrogens (tertiary/aromatic N) is 5. The lowest BCUT2D eigenvalue weighted by Gasteiger charge is -2.35. The first-order chi connectivity index (χ1) is 15.0. The molecule has 1 aromatic heterocycles. The van der Waals surface area contributed by atoms with E-state index in [1.165, 1.54) is 25.0 Å². The number of urea groups is 1. The molecule has 2 fully saturated rings. The number of carbonyl (C=O) groups is 1. The van der Waals surface area contributed by atoms with Gasteiger partial charge in [-0.25, -0.2) is 9.78 Å². The zero-order valence-corrected chi connectivity index (χ0v) is 17.4. The van der Waals surface area contributed by atoms with Gasteiger partial charge in [0, 0.05) is 62.8 Å². The van der Waals surface area contributed by atoms with Crippen LogP contribution in [0.2, 0.25) is 0 Å². The first-order valence-corrected chi connectivity index (χ1v) is 10.4. The van der Waals surface area contributed by atoms with Crippen LogP contribution in [0, 0.1) is 6.92 Å². The van der Waals surface area contributed by atoms with Crippen molar-refractivity contribution in [3.63, 3.8) is 0 Å². The Morgan fingerprint density at radius 2 is 1.77 bits per heavy atom. The van der Waals surface area contributed by atoms with Crippen molar-refractivity contribution in [2.45, 2.75) is 26.4 Å². The van der Waals surface area contributed by atoms with E-state index >= 15 is 0 Å². The van der Waals surface area contributed by atoms with Crippen molar-refractivity contribution in [1.29, 1.82) is 0 Å². The number of benzene rings is 1. The third-order valence-corrected chi connectivity index (χ3v) is 5.42. The molecule has 2 aromatic rings. The molecule has 0 saturated carbocycles. The van der Waals surface area contributed by atoms with Crippen LogP contribution in [-0.4, -0.2) is 66.8 Å². The standard InChI is InChI=1S/C21H26F2N6O2/c1-15-13-18(27-7-2-3-8-27)26-20(24-15)28-9-11-29(12-10-28)21(30)25-16-5-4-6-17(14-16)31-19(22)23/h4-6,13-14,19H,2-3,7-12H2,1H3,(H,25,30). The molecule has 31 heavy (non-hydrogen) atoms. The van der Waals surface area contributed by atoms with Gasteiger partial charge in [-0.15, -0.1) is 0 Å². The second-order valence-electron chi connectivity index (χ2n) is 7.67. The van der Waals surface area contributed by atoms with E-state index in [0.29, 0.717) is 37.8 Å². The number of ether oxygens (including phenoxy) is 1. The van der Waals surface area contributed by atoms with Crippen molar-refractivity contribution in [2.75, 3.05) is 54.4 Å². The summed E-state index contributed by atoms with van der Waals surface area (Å²) in [6.07, 6.45) is 2.37. The molecule has 0 radical (unpaired) electrons. The normalized spacial score (nSPS) is 16.7. The molecule has 8 nitrogen and oxygen atoms in total. The van der Waals surface area contributed by atoms with Gasteiger partial charge in [-0.3, -0.25) is 0 Å². The molecule has 0 aliphatic carbocycles. The lowest BCUT2D eigenvalue weighted by Crippen LogP contribution is -2.50. The third kappa shape index (κ3) is 5.31. The van der Waals surface area contributed by atoms with Crippen molar-refractivity contribution >= 4 is 23.5 Å². The summed E-state index contributed by atoms with van der Waals surface area (Å²) in [5.41, 5.74) is 1.33. The number of nitrogens with one attached hydrogen (secondary N) is 1. The molecule has 2 aliphatic rings. The van der Waals surface area contributed by atoms with Crippen molar-refractivity contribution in [3.8, 4) is 5.75 Å². The molecule has 1 aromatic carbocycles. The summed E-state index contributed by atoms with van der Waals surface area (Å²) in [6.45, 7) is 3.36. The quantitative estimate of drug-likeness (QED) is 0.781.